The van der Waals surface area contributed by atoms with Crippen LogP contribution in [0.25, 0.3) is 10.8 Å². The fourth-order valence-electron chi connectivity index (χ4n) is 2.29. The molecule has 0 aliphatic carbocycles. The molecule has 1 heterocycles. The molecule has 18 heavy (non-hydrogen) atoms. The second-order valence-corrected chi connectivity index (χ2v) is 7.02. The average molecular weight is 242 g/mol. The zero-order valence-corrected chi connectivity index (χ0v) is 12.2. The highest BCUT2D eigenvalue weighted by Gasteiger charge is 2.25. The third kappa shape index (κ3) is 2.38. The van der Waals surface area contributed by atoms with E-state index in [9.17, 15) is 0 Å². The van der Waals surface area contributed by atoms with Crippen LogP contribution in [0.3, 0.4) is 0 Å². The molecule has 2 heteroatoms. The molecular weight excluding hydrogens is 220 g/mol. The van der Waals surface area contributed by atoms with Gasteiger partial charge < -0.3 is 0 Å². The molecule has 0 unspecified atom stereocenters. The van der Waals surface area contributed by atoms with E-state index in [1.54, 1.807) is 0 Å². The van der Waals surface area contributed by atoms with Crippen LogP contribution in [0.15, 0.2) is 24.5 Å². The summed E-state index contributed by atoms with van der Waals surface area (Å²) in [5.74, 6) is 0. The predicted octanol–water partition coefficient (Wildman–Crippen LogP) is 4.22. The van der Waals surface area contributed by atoms with Crippen LogP contribution in [0, 0.1) is 0 Å². The Bertz CT molecular complexity index is 519. The molecule has 0 radical (unpaired) electrons. The first-order chi connectivity index (χ1) is 8.19. The first kappa shape index (κ1) is 13.0. The van der Waals surface area contributed by atoms with Crippen LogP contribution in [0.2, 0.25) is 0 Å². The van der Waals surface area contributed by atoms with Gasteiger partial charge in [-0.2, -0.15) is 10.2 Å². The van der Waals surface area contributed by atoms with Crippen LogP contribution in [0.1, 0.15) is 52.7 Å². The summed E-state index contributed by atoms with van der Waals surface area (Å²) >= 11 is 0. The highest BCUT2D eigenvalue weighted by molar-refractivity contribution is 5.83. The predicted molar refractivity (Wildman–Crippen MR) is 76.9 cm³/mol. The maximum atomic E-state index is 3.98. The van der Waals surface area contributed by atoms with Gasteiger partial charge in [0.05, 0.1) is 12.4 Å². The lowest BCUT2D eigenvalue weighted by Crippen LogP contribution is -2.21. The Balaban J connectivity index is 2.81. The Hall–Kier alpha value is -1.44. The minimum Gasteiger partial charge on any atom is -0.158 e. The van der Waals surface area contributed by atoms with Crippen LogP contribution < -0.4 is 0 Å². The molecule has 0 bridgehead atoms. The van der Waals surface area contributed by atoms with Gasteiger partial charge in [0.25, 0.3) is 0 Å². The first-order valence-electron chi connectivity index (χ1n) is 6.45. The van der Waals surface area contributed by atoms with Crippen LogP contribution in [0.5, 0.6) is 0 Å². The molecule has 1 aromatic heterocycles. The Morgan fingerprint density at radius 3 is 1.28 bits per heavy atom. The standard InChI is InChI=1S/C16H22N2/c1-15(2,3)13-7-11-9-17-18-10-12(11)8-14(13)16(4,5)6/h7-10H,1-6H3. The van der Waals surface area contributed by atoms with E-state index >= 15 is 0 Å². The zero-order chi connectivity index (χ0) is 13.6. The van der Waals surface area contributed by atoms with Crippen molar-refractivity contribution in [1.29, 1.82) is 0 Å². The maximum absolute atomic E-state index is 3.98. The van der Waals surface area contributed by atoms with E-state index < -0.39 is 0 Å². The van der Waals surface area contributed by atoms with E-state index in [1.165, 1.54) is 21.9 Å². The molecule has 0 fully saturated rings. The number of fused-ring (bicyclic) bond motifs is 1. The van der Waals surface area contributed by atoms with Crippen LogP contribution in [-0.2, 0) is 10.8 Å². The van der Waals surface area contributed by atoms with Crippen molar-refractivity contribution < 1.29 is 0 Å². The summed E-state index contributed by atoms with van der Waals surface area (Å²) in [4.78, 5) is 0. The normalized spacial score (nSPS) is 13.0. The highest BCUT2D eigenvalue weighted by atomic mass is 15.1. The smallest absolute Gasteiger partial charge is 0.0574 e. The first-order valence-corrected chi connectivity index (χ1v) is 6.45. The van der Waals surface area contributed by atoms with Gasteiger partial charge >= 0.3 is 0 Å². The van der Waals surface area contributed by atoms with Gasteiger partial charge in [0.15, 0.2) is 0 Å². The van der Waals surface area contributed by atoms with Gasteiger partial charge in [-0.1, -0.05) is 41.5 Å². The molecule has 96 valence electrons. The molecule has 0 saturated carbocycles. The lowest BCUT2D eigenvalue weighted by molar-refractivity contribution is 0.531. The van der Waals surface area contributed by atoms with Crippen molar-refractivity contribution in [2.45, 2.75) is 52.4 Å². The monoisotopic (exact) mass is 242 g/mol. The Labute approximate surface area is 109 Å². The summed E-state index contributed by atoms with van der Waals surface area (Å²) in [5, 5.41) is 10.3. The highest BCUT2D eigenvalue weighted by Crippen LogP contribution is 2.36. The average Bonchev–Trinajstić information content (AvgIpc) is 2.25. The lowest BCUT2D eigenvalue weighted by atomic mass is 9.74. The molecular formula is C16H22N2. The number of benzene rings is 1. The van der Waals surface area contributed by atoms with Gasteiger partial charge in [0.1, 0.15) is 0 Å². The quantitative estimate of drug-likeness (QED) is 0.691. The molecule has 0 saturated heterocycles. The van der Waals surface area contributed by atoms with Gasteiger partial charge in [-0.25, -0.2) is 0 Å². The molecule has 0 N–H and O–H groups in total. The van der Waals surface area contributed by atoms with Crippen molar-refractivity contribution in [2.24, 2.45) is 0 Å². The molecule has 2 nitrogen and oxygen atoms in total. The fourth-order valence-corrected chi connectivity index (χ4v) is 2.29. The molecule has 2 rings (SSSR count). The van der Waals surface area contributed by atoms with Gasteiger partial charge in [-0.3, -0.25) is 0 Å². The molecule has 0 atom stereocenters. The molecule has 2 aromatic rings. The fraction of sp³-hybridized carbons (Fsp3) is 0.500. The van der Waals surface area contributed by atoms with Gasteiger partial charge in [-0.15, -0.1) is 0 Å². The topological polar surface area (TPSA) is 25.8 Å². The number of rotatable bonds is 0. The summed E-state index contributed by atoms with van der Waals surface area (Å²) in [5.41, 5.74) is 3.08. The zero-order valence-electron chi connectivity index (χ0n) is 12.2. The van der Waals surface area contributed by atoms with Crippen LogP contribution in [0.4, 0.5) is 0 Å². The minimum atomic E-state index is 0.139. The van der Waals surface area contributed by atoms with Crippen LogP contribution in [-0.4, -0.2) is 10.2 Å². The largest absolute Gasteiger partial charge is 0.158 e. The Morgan fingerprint density at radius 2 is 1.00 bits per heavy atom. The van der Waals surface area contributed by atoms with Crippen molar-refractivity contribution in [2.75, 3.05) is 0 Å². The van der Waals surface area contributed by atoms with Crippen molar-refractivity contribution in [3.8, 4) is 0 Å². The molecule has 0 aliphatic heterocycles. The van der Waals surface area contributed by atoms with Crippen molar-refractivity contribution in [1.82, 2.24) is 10.2 Å². The van der Waals surface area contributed by atoms with Gasteiger partial charge in [0, 0.05) is 10.8 Å². The van der Waals surface area contributed by atoms with E-state index in [1.807, 2.05) is 12.4 Å². The van der Waals surface area contributed by atoms with E-state index in [-0.39, 0.29) is 10.8 Å². The van der Waals surface area contributed by atoms with E-state index in [0.29, 0.717) is 0 Å². The maximum Gasteiger partial charge on any atom is 0.0574 e. The van der Waals surface area contributed by atoms with E-state index in [0.717, 1.165) is 0 Å². The summed E-state index contributed by atoms with van der Waals surface area (Å²) < 4.78 is 0. The summed E-state index contributed by atoms with van der Waals surface area (Å²) in [6.45, 7) is 13.6. The van der Waals surface area contributed by atoms with Crippen LogP contribution >= 0.6 is 0 Å². The van der Waals surface area contributed by atoms with E-state index in [2.05, 4.69) is 63.9 Å². The Morgan fingerprint density at radius 1 is 0.667 bits per heavy atom. The SMILES string of the molecule is CC(C)(C)c1cc2cnncc2cc1C(C)(C)C. The number of hydrogen-bond donors (Lipinski definition) is 0. The minimum absolute atomic E-state index is 0.139. The van der Waals surface area contributed by atoms with Crippen molar-refractivity contribution in [3.63, 3.8) is 0 Å². The van der Waals surface area contributed by atoms with Gasteiger partial charge in [-0.05, 0) is 34.1 Å². The number of hydrogen-bond acceptors (Lipinski definition) is 2. The molecule has 0 amide bonds. The number of nitrogens with zero attached hydrogens (tertiary/aromatic N) is 2. The van der Waals surface area contributed by atoms with Crippen molar-refractivity contribution in [3.05, 3.63) is 35.7 Å². The second kappa shape index (κ2) is 4.04. The molecule has 0 spiro atoms. The van der Waals surface area contributed by atoms with Crippen molar-refractivity contribution >= 4 is 10.8 Å². The molecule has 0 aliphatic rings. The molecule has 1 aromatic carbocycles. The summed E-state index contributed by atoms with van der Waals surface area (Å²) in [6.07, 6.45) is 3.69. The summed E-state index contributed by atoms with van der Waals surface area (Å²) in [6, 6.07) is 4.54. The third-order valence-corrected chi connectivity index (χ3v) is 3.30. The third-order valence-electron chi connectivity index (χ3n) is 3.30. The number of aromatic nitrogens is 2. The Kier molecular flexibility index (Phi) is 2.92. The van der Waals surface area contributed by atoms with E-state index in [4.69, 9.17) is 0 Å². The second-order valence-electron chi connectivity index (χ2n) is 7.02. The van der Waals surface area contributed by atoms with Gasteiger partial charge in [0.2, 0.25) is 0 Å². The lowest BCUT2D eigenvalue weighted by Gasteiger charge is -2.30. The summed E-state index contributed by atoms with van der Waals surface area (Å²) in [7, 11) is 0.